The zero-order valence-electron chi connectivity index (χ0n) is 5.40. The molecule has 60 valence electrons. The van der Waals surface area contributed by atoms with Gasteiger partial charge in [-0.25, -0.2) is 0 Å². The van der Waals surface area contributed by atoms with Crippen molar-refractivity contribution >= 4 is 11.4 Å². The molecule has 0 aromatic heterocycles. The second kappa shape index (κ2) is 3.43. The largest absolute Gasteiger partial charge is 0.390 e. The van der Waals surface area contributed by atoms with Crippen LogP contribution in [0.3, 0.4) is 0 Å². The smallest absolute Gasteiger partial charge is 0.302 e. The van der Waals surface area contributed by atoms with E-state index in [1.807, 2.05) is 0 Å². The predicted molar refractivity (Wildman–Crippen MR) is 35.5 cm³/mol. The van der Waals surface area contributed by atoms with Gasteiger partial charge in [-0.3, -0.25) is 8.74 Å². The van der Waals surface area contributed by atoms with Gasteiger partial charge >= 0.3 is 11.4 Å². The van der Waals surface area contributed by atoms with Crippen LogP contribution in [0.5, 0.6) is 0 Å². The minimum Gasteiger partial charge on any atom is -0.390 e. The molecule has 1 rings (SSSR count). The molecule has 0 radical (unpaired) electrons. The van der Waals surface area contributed by atoms with Crippen LogP contribution in [0.15, 0.2) is 0 Å². The van der Waals surface area contributed by atoms with Gasteiger partial charge in [-0.05, 0) is 19.3 Å². The molecule has 5 heteroatoms. The fourth-order valence-electron chi connectivity index (χ4n) is 1.12. The van der Waals surface area contributed by atoms with E-state index < -0.39 is 23.6 Å². The molecule has 0 amide bonds. The molecule has 3 atom stereocenters. The van der Waals surface area contributed by atoms with Crippen molar-refractivity contribution in [1.82, 2.24) is 0 Å². The Morgan fingerprint density at radius 3 is 2.60 bits per heavy atom. The van der Waals surface area contributed by atoms with Crippen molar-refractivity contribution in [3.63, 3.8) is 0 Å². The maximum atomic E-state index is 10.1. The summed E-state index contributed by atoms with van der Waals surface area (Å²) >= 11 is -2.24. The average Bonchev–Trinajstić information content (AvgIpc) is 2.15. The molecule has 3 unspecified atom stereocenters. The van der Waals surface area contributed by atoms with Crippen molar-refractivity contribution in [2.75, 3.05) is 0 Å². The fourth-order valence-corrected chi connectivity index (χ4v) is 1.56. The van der Waals surface area contributed by atoms with Gasteiger partial charge in [0.05, 0.1) is 6.10 Å². The van der Waals surface area contributed by atoms with Crippen molar-refractivity contribution in [2.24, 2.45) is 0 Å². The molecule has 4 nitrogen and oxygen atoms in total. The summed E-state index contributed by atoms with van der Waals surface area (Å²) < 4.78 is 22.8. The second-order valence-electron chi connectivity index (χ2n) is 2.35. The lowest BCUT2D eigenvalue weighted by atomic mass is 10.3. The highest BCUT2D eigenvalue weighted by Gasteiger charge is 2.27. The lowest BCUT2D eigenvalue weighted by Crippen LogP contribution is -2.23. The summed E-state index contributed by atoms with van der Waals surface area (Å²) in [4.78, 5) is 0. The number of hydrogen-bond donors (Lipinski definition) is 2. The van der Waals surface area contributed by atoms with E-state index in [1.165, 1.54) is 0 Å². The molecule has 0 heterocycles. The Bertz CT molecular complexity index is 138. The van der Waals surface area contributed by atoms with E-state index in [4.69, 9.17) is 9.66 Å². The highest BCUT2D eigenvalue weighted by molar-refractivity contribution is 7.74. The summed E-state index contributed by atoms with van der Waals surface area (Å²) in [5.74, 6) is 0. The van der Waals surface area contributed by atoms with E-state index >= 15 is 0 Å². The molecule has 0 bridgehead atoms. The second-order valence-corrected chi connectivity index (χ2v) is 2.98. The molecule has 1 fully saturated rings. The van der Waals surface area contributed by atoms with Crippen LogP contribution in [0, 0.1) is 0 Å². The van der Waals surface area contributed by atoms with Gasteiger partial charge in [0.2, 0.25) is 0 Å². The van der Waals surface area contributed by atoms with E-state index in [0.29, 0.717) is 12.8 Å². The van der Waals surface area contributed by atoms with Gasteiger partial charge in [0.25, 0.3) is 0 Å². The summed E-state index contributed by atoms with van der Waals surface area (Å²) in [5.41, 5.74) is 0. The normalized spacial score (nSPS) is 36.2. The van der Waals surface area contributed by atoms with Gasteiger partial charge in [0, 0.05) is 0 Å². The summed E-state index contributed by atoms with van der Waals surface area (Å²) in [6.45, 7) is 0. The SMILES string of the molecule is O=S(O)OC1CCCC1O. The molecular formula is C5H10O4S. The van der Waals surface area contributed by atoms with Crippen LogP contribution in [0.25, 0.3) is 0 Å². The Hall–Kier alpha value is 0.0300. The van der Waals surface area contributed by atoms with Crippen molar-refractivity contribution in [3.05, 3.63) is 0 Å². The zero-order chi connectivity index (χ0) is 7.56. The Labute approximate surface area is 61.7 Å². The fraction of sp³-hybridized carbons (Fsp3) is 1.00. The number of aliphatic hydroxyl groups is 1. The minimum atomic E-state index is -2.24. The van der Waals surface area contributed by atoms with Crippen molar-refractivity contribution in [2.45, 2.75) is 31.5 Å². The Morgan fingerprint density at radius 1 is 1.50 bits per heavy atom. The number of rotatable bonds is 2. The topological polar surface area (TPSA) is 66.8 Å². The Balaban J connectivity index is 2.33. The predicted octanol–water partition coefficient (Wildman–Crippen LogP) is 0.0531. The van der Waals surface area contributed by atoms with Crippen LogP contribution in [-0.2, 0) is 15.5 Å². The summed E-state index contributed by atoms with van der Waals surface area (Å²) in [7, 11) is 0. The summed E-state index contributed by atoms with van der Waals surface area (Å²) in [6.07, 6.45) is 1.21. The molecule has 0 spiro atoms. The molecule has 0 saturated heterocycles. The lowest BCUT2D eigenvalue weighted by Gasteiger charge is -2.10. The van der Waals surface area contributed by atoms with E-state index in [1.54, 1.807) is 0 Å². The molecule has 10 heavy (non-hydrogen) atoms. The maximum Gasteiger partial charge on any atom is 0.302 e. The number of aliphatic hydroxyl groups excluding tert-OH is 1. The molecule has 1 saturated carbocycles. The standard InChI is InChI=1S/C5H10O4S/c6-4-2-1-3-5(4)9-10(7)8/h4-6H,1-3H2,(H,7,8). The van der Waals surface area contributed by atoms with Crippen LogP contribution in [-0.4, -0.2) is 26.1 Å². The van der Waals surface area contributed by atoms with Crippen molar-refractivity contribution in [3.8, 4) is 0 Å². The molecule has 0 aromatic rings. The monoisotopic (exact) mass is 166 g/mol. The van der Waals surface area contributed by atoms with Gasteiger partial charge in [0.15, 0.2) is 0 Å². The van der Waals surface area contributed by atoms with E-state index in [0.717, 1.165) is 6.42 Å². The van der Waals surface area contributed by atoms with E-state index in [-0.39, 0.29) is 0 Å². The van der Waals surface area contributed by atoms with Gasteiger partial charge in [-0.2, -0.15) is 4.21 Å². The van der Waals surface area contributed by atoms with Gasteiger partial charge in [-0.1, -0.05) is 0 Å². The highest BCUT2D eigenvalue weighted by Crippen LogP contribution is 2.22. The minimum absolute atomic E-state index is 0.439. The van der Waals surface area contributed by atoms with Crippen LogP contribution >= 0.6 is 0 Å². The van der Waals surface area contributed by atoms with Gasteiger partial charge in [-0.15, -0.1) is 0 Å². The summed E-state index contributed by atoms with van der Waals surface area (Å²) in [6, 6.07) is 0. The lowest BCUT2D eigenvalue weighted by molar-refractivity contribution is 0.0632. The average molecular weight is 166 g/mol. The third-order valence-corrected chi connectivity index (χ3v) is 2.04. The maximum absolute atomic E-state index is 10.1. The molecule has 0 aliphatic heterocycles. The van der Waals surface area contributed by atoms with Crippen molar-refractivity contribution < 1.29 is 18.1 Å². The van der Waals surface area contributed by atoms with Crippen molar-refractivity contribution in [1.29, 1.82) is 0 Å². The first kappa shape index (κ1) is 8.13. The first-order valence-electron chi connectivity index (χ1n) is 3.16. The zero-order valence-corrected chi connectivity index (χ0v) is 6.21. The van der Waals surface area contributed by atoms with Crippen LogP contribution in [0.1, 0.15) is 19.3 Å². The molecular weight excluding hydrogens is 156 g/mol. The summed E-state index contributed by atoms with van der Waals surface area (Å²) in [5, 5.41) is 9.07. The Kier molecular flexibility index (Phi) is 2.79. The van der Waals surface area contributed by atoms with Gasteiger partial charge in [0.1, 0.15) is 6.10 Å². The van der Waals surface area contributed by atoms with Crippen LogP contribution in [0.4, 0.5) is 0 Å². The third-order valence-electron chi connectivity index (χ3n) is 1.62. The van der Waals surface area contributed by atoms with Gasteiger partial charge < -0.3 is 5.11 Å². The molecule has 2 N–H and O–H groups in total. The number of hydrogen-bond acceptors (Lipinski definition) is 3. The Morgan fingerprint density at radius 2 is 2.20 bits per heavy atom. The third kappa shape index (κ3) is 2.02. The van der Waals surface area contributed by atoms with E-state index in [9.17, 15) is 4.21 Å². The first-order chi connectivity index (χ1) is 4.70. The van der Waals surface area contributed by atoms with E-state index in [2.05, 4.69) is 4.18 Å². The molecule has 1 aliphatic rings. The highest BCUT2D eigenvalue weighted by atomic mass is 32.2. The quantitative estimate of drug-likeness (QED) is 0.569. The van der Waals surface area contributed by atoms with Crippen LogP contribution < -0.4 is 0 Å². The van der Waals surface area contributed by atoms with Crippen LogP contribution in [0.2, 0.25) is 0 Å². The molecule has 0 aromatic carbocycles. The molecule has 1 aliphatic carbocycles. The first-order valence-corrected chi connectivity index (χ1v) is 4.19.